The molecule has 2 fully saturated rings. The molecule has 4 atom stereocenters. The highest BCUT2D eigenvalue weighted by atomic mass is 16.3. The minimum Gasteiger partial charge on any atom is -0.393 e. The first kappa shape index (κ1) is 8.52. The van der Waals surface area contributed by atoms with Gasteiger partial charge in [0.05, 0.1) is 6.10 Å². The first-order chi connectivity index (χ1) is 5.79. The van der Waals surface area contributed by atoms with E-state index in [0.717, 1.165) is 12.8 Å². The fraction of sp³-hybridized carbons (Fsp3) is 1.00. The number of fused-ring (bicyclic) bond motifs is 1. The second kappa shape index (κ2) is 3.35. The molecule has 2 rings (SSSR count). The van der Waals surface area contributed by atoms with Crippen molar-refractivity contribution in [3.8, 4) is 0 Å². The van der Waals surface area contributed by atoms with E-state index in [1.165, 1.54) is 25.7 Å². The molecule has 2 aliphatic rings. The summed E-state index contributed by atoms with van der Waals surface area (Å²) < 4.78 is 0. The van der Waals surface area contributed by atoms with Gasteiger partial charge in [-0.05, 0) is 37.5 Å². The molecule has 3 N–H and O–H groups in total. The number of aliphatic hydroxyl groups is 1. The molecule has 2 heteroatoms. The molecular formula is C10H19NO. The van der Waals surface area contributed by atoms with E-state index in [-0.39, 0.29) is 6.10 Å². The van der Waals surface area contributed by atoms with E-state index >= 15 is 0 Å². The zero-order valence-electron chi connectivity index (χ0n) is 7.58. The molecule has 0 aliphatic heterocycles. The third-order valence-electron chi connectivity index (χ3n) is 3.71. The SMILES string of the molecule is NC1CCC(O)C2CCCCC12. The zero-order chi connectivity index (χ0) is 8.55. The summed E-state index contributed by atoms with van der Waals surface area (Å²) in [6, 6.07) is 0.374. The summed E-state index contributed by atoms with van der Waals surface area (Å²) in [7, 11) is 0. The summed E-state index contributed by atoms with van der Waals surface area (Å²) >= 11 is 0. The van der Waals surface area contributed by atoms with Crippen LogP contribution >= 0.6 is 0 Å². The van der Waals surface area contributed by atoms with E-state index in [1.807, 2.05) is 0 Å². The van der Waals surface area contributed by atoms with Gasteiger partial charge in [0.25, 0.3) is 0 Å². The lowest BCUT2D eigenvalue weighted by atomic mass is 9.67. The van der Waals surface area contributed by atoms with Gasteiger partial charge in [-0.1, -0.05) is 12.8 Å². The second-order valence-corrected chi connectivity index (χ2v) is 4.42. The van der Waals surface area contributed by atoms with Crippen molar-refractivity contribution in [3.05, 3.63) is 0 Å². The molecule has 0 heterocycles. The second-order valence-electron chi connectivity index (χ2n) is 4.42. The maximum Gasteiger partial charge on any atom is 0.0572 e. The van der Waals surface area contributed by atoms with Crippen LogP contribution in [-0.2, 0) is 0 Å². The van der Waals surface area contributed by atoms with Gasteiger partial charge in [0.2, 0.25) is 0 Å². The maximum atomic E-state index is 9.77. The molecule has 12 heavy (non-hydrogen) atoms. The van der Waals surface area contributed by atoms with E-state index in [0.29, 0.717) is 17.9 Å². The summed E-state index contributed by atoms with van der Waals surface area (Å²) in [6.07, 6.45) is 7.00. The molecule has 70 valence electrons. The largest absolute Gasteiger partial charge is 0.393 e. The quantitative estimate of drug-likeness (QED) is 0.573. The molecular weight excluding hydrogens is 150 g/mol. The average Bonchev–Trinajstić information content (AvgIpc) is 2.12. The third kappa shape index (κ3) is 1.38. The highest BCUT2D eigenvalue weighted by Gasteiger charge is 2.37. The highest BCUT2D eigenvalue weighted by molar-refractivity contribution is 4.91. The summed E-state index contributed by atoms with van der Waals surface area (Å²) in [5.74, 6) is 1.16. The maximum absolute atomic E-state index is 9.77. The number of hydrogen-bond donors (Lipinski definition) is 2. The van der Waals surface area contributed by atoms with Crippen molar-refractivity contribution in [1.29, 1.82) is 0 Å². The van der Waals surface area contributed by atoms with Crippen LogP contribution in [0.1, 0.15) is 38.5 Å². The van der Waals surface area contributed by atoms with Crippen molar-refractivity contribution in [2.45, 2.75) is 50.7 Å². The van der Waals surface area contributed by atoms with Crippen molar-refractivity contribution >= 4 is 0 Å². The standard InChI is InChI=1S/C10H19NO/c11-9-5-6-10(12)8-4-2-1-3-7(8)9/h7-10,12H,1-6,11H2. The fourth-order valence-corrected chi connectivity index (χ4v) is 2.99. The molecule has 2 aliphatic carbocycles. The van der Waals surface area contributed by atoms with Gasteiger partial charge in [-0.25, -0.2) is 0 Å². The Morgan fingerprint density at radius 2 is 1.58 bits per heavy atom. The summed E-state index contributed by atoms with van der Waals surface area (Å²) in [5.41, 5.74) is 6.04. The Kier molecular flexibility index (Phi) is 2.37. The summed E-state index contributed by atoms with van der Waals surface area (Å²) in [4.78, 5) is 0. The van der Waals surface area contributed by atoms with E-state index in [9.17, 15) is 5.11 Å². The molecule has 4 unspecified atom stereocenters. The van der Waals surface area contributed by atoms with Gasteiger partial charge in [0.1, 0.15) is 0 Å². The lowest BCUT2D eigenvalue weighted by molar-refractivity contribution is 0.000427. The predicted molar refractivity (Wildman–Crippen MR) is 48.7 cm³/mol. The lowest BCUT2D eigenvalue weighted by Crippen LogP contribution is -2.46. The Hall–Kier alpha value is -0.0800. The normalized spacial score (nSPS) is 48.5. The molecule has 0 aromatic carbocycles. The van der Waals surface area contributed by atoms with Crippen molar-refractivity contribution in [2.75, 3.05) is 0 Å². The van der Waals surface area contributed by atoms with Crippen LogP contribution < -0.4 is 5.73 Å². The van der Waals surface area contributed by atoms with Crippen molar-refractivity contribution in [1.82, 2.24) is 0 Å². The molecule has 0 aromatic heterocycles. The third-order valence-corrected chi connectivity index (χ3v) is 3.71. The Morgan fingerprint density at radius 1 is 0.917 bits per heavy atom. The minimum atomic E-state index is -0.0462. The van der Waals surface area contributed by atoms with Crippen LogP contribution in [0.4, 0.5) is 0 Å². The smallest absolute Gasteiger partial charge is 0.0572 e. The van der Waals surface area contributed by atoms with Crippen molar-refractivity contribution in [3.63, 3.8) is 0 Å². The molecule has 0 amide bonds. The number of nitrogens with two attached hydrogens (primary N) is 1. The minimum absolute atomic E-state index is 0.0462. The molecule has 2 nitrogen and oxygen atoms in total. The van der Waals surface area contributed by atoms with Gasteiger partial charge in [-0.2, -0.15) is 0 Å². The van der Waals surface area contributed by atoms with Crippen LogP contribution in [0.15, 0.2) is 0 Å². The molecule has 2 saturated carbocycles. The van der Waals surface area contributed by atoms with Crippen molar-refractivity contribution < 1.29 is 5.11 Å². The molecule has 0 spiro atoms. The van der Waals surface area contributed by atoms with Gasteiger partial charge >= 0.3 is 0 Å². The molecule has 0 aromatic rings. The first-order valence-corrected chi connectivity index (χ1v) is 5.22. The van der Waals surface area contributed by atoms with Gasteiger partial charge in [0.15, 0.2) is 0 Å². The molecule has 0 radical (unpaired) electrons. The first-order valence-electron chi connectivity index (χ1n) is 5.22. The van der Waals surface area contributed by atoms with Crippen LogP contribution in [-0.4, -0.2) is 17.3 Å². The Labute approximate surface area is 74.1 Å². The van der Waals surface area contributed by atoms with Gasteiger partial charge in [-0.3, -0.25) is 0 Å². The number of rotatable bonds is 0. The van der Waals surface area contributed by atoms with Crippen molar-refractivity contribution in [2.24, 2.45) is 17.6 Å². The van der Waals surface area contributed by atoms with Gasteiger partial charge in [0, 0.05) is 6.04 Å². The van der Waals surface area contributed by atoms with Crippen LogP contribution in [0.2, 0.25) is 0 Å². The molecule has 0 bridgehead atoms. The van der Waals surface area contributed by atoms with Crippen LogP contribution in [0.5, 0.6) is 0 Å². The van der Waals surface area contributed by atoms with E-state index in [2.05, 4.69) is 0 Å². The average molecular weight is 169 g/mol. The predicted octanol–water partition coefficient (Wildman–Crippen LogP) is 1.27. The van der Waals surface area contributed by atoms with E-state index in [4.69, 9.17) is 5.73 Å². The lowest BCUT2D eigenvalue weighted by Gasteiger charge is -2.42. The summed E-state index contributed by atoms with van der Waals surface area (Å²) in [6.45, 7) is 0. The monoisotopic (exact) mass is 169 g/mol. The van der Waals surface area contributed by atoms with Crippen LogP contribution in [0.3, 0.4) is 0 Å². The summed E-state index contributed by atoms with van der Waals surface area (Å²) in [5, 5.41) is 9.77. The zero-order valence-corrected chi connectivity index (χ0v) is 7.58. The van der Waals surface area contributed by atoms with Crippen LogP contribution in [0.25, 0.3) is 0 Å². The fourth-order valence-electron chi connectivity index (χ4n) is 2.99. The Morgan fingerprint density at radius 3 is 2.25 bits per heavy atom. The Balaban J connectivity index is 2.05. The van der Waals surface area contributed by atoms with E-state index < -0.39 is 0 Å². The number of hydrogen-bond acceptors (Lipinski definition) is 2. The highest BCUT2D eigenvalue weighted by Crippen LogP contribution is 2.39. The van der Waals surface area contributed by atoms with Gasteiger partial charge < -0.3 is 10.8 Å². The van der Waals surface area contributed by atoms with E-state index in [1.54, 1.807) is 0 Å². The number of aliphatic hydroxyl groups excluding tert-OH is 1. The molecule has 0 saturated heterocycles. The topological polar surface area (TPSA) is 46.2 Å². The van der Waals surface area contributed by atoms with Crippen LogP contribution in [0, 0.1) is 11.8 Å². The van der Waals surface area contributed by atoms with Gasteiger partial charge in [-0.15, -0.1) is 0 Å². The Bertz CT molecular complexity index is 142.